The molecule has 0 spiro atoms. The number of likely N-dealkylation sites (tertiary alicyclic amines) is 1. The second-order valence-electron chi connectivity index (χ2n) is 7.88. The monoisotopic (exact) mass is 451 g/mol. The lowest BCUT2D eigenvalue weighted by atomic mass is 10.0. The molecular weight excluding hydrogens is 422 g/mol. The highest BCUT2D eigenvalue weighted by Crippen LogP contribution is 2.22. The Labute approximate surface area is 193 Å². The summed E-state index contributed by atoms with van der Waals surface area (Å²) in [6.07, 6.45) is 3.53. The first-order valence-corrected chi connectivity index (χ1v) is 10.9. The molecule has 0 saturated carbocycles. The fourth-order valence-corrected chi connectivity index (χ4v) is 3.36. The van der Waals surface area contributed by atoms with E-state index in [0.717, 1.165) is 19.4 Å². The number of anilines is 1. The minimum atomic E-state index is -1.67. The largest absolute Gasteiger partial charge is 0.382 e. The molecule has 2 amide bonds. The number of amides is 2. The van der Waals surface area contributed by atoms with Gasteiger partial charge in [-0.15, -0.1) is 0 Å². The zero-order chi connectivity index (χ0) is 23.8. The van der Waals surface area contributed by atoms with Crippen molar-refractivity contribution >= 4 is 17.5 Å². The average Bonchev–Trinajstić information content (AvgIpc) is 3.08. The van der Waals surface area contributed by atoms with E-state index < -0.39 is 17.4 Å². The van der Waals surface area contributed by atoms with E-state index in [4.69, 9.17) is 10.5 Å². The van der Waals surface area contributed by atoms with Gasteiger partial charge in [-0.25, -0.2) is 9.97 Å². The van der Waals surface area contributed by atoms with Gasteiger partial charge in [0.05, 0.1) is 11.9 Å². The van der Waals surface area contributed by atoms with Gasteiger partial charge >= 0.3 is 0 Å². The Balaban J connectivity index is 1.76. The molecule has 0 unspecified atom stereocenters. The number of primary amides is 1. The number of hydrogen-bond donors (Lipinski definition) is 3. The number of carbonyl (C=O) groups excluding carboxylic acids is 2. The molecule has 9 nitrogen and oxygen atoms in total. The molecule has 174 valence electrons. The van der Waals surface area contributed by atoms with Crippen LogP contribution >= 0.6 is 0 Å². The highest BCUT2D eigenvalue weighted by atomic mass is 16.5. The molecule has 1 atom stereocenters. The van der Waals surface area contributed by atoms with E-state index in [0.29, 0.717) is 42.3 Å². The Morgan fingerprint density at radius 1 is 1.39 bits per heavy atom. The summed E-state index contributed by atoms with van der Waals surface area (Å²) in [6.45, 7) is 4.45. The topological polar surface area (TPSA) is 131 Å². The smallest absolute Gasteiger partial charge is 0.269 e. The molecule has 1 aromatic carbocycles. The molecular formula is C24H29N5O4. The quantitative estimate of drug-likeness (QED) is 0.388. The number of benzene rings is 1. The van der Waals surface area contributed by atoms with Crippen LogP contribution < -0.4 is 11.1 Å². The lowest BCUT2D eigenvalue weighted by Crippen LogP contribution is -2.37. The number of nitrogens with one attached hydrogen (secondary N) is 1. The number of rotatable bonds is 9. The molecule has 1 aliphatic rings. The first kappa shape index (κ1) is 24.2. The third-order valence-corrected chi connectivity index (χ3v) is 5.20. The third kappa shape index (κ3) is 6.06. The van der Waals surface area contributed by atoms with Crippen LogP contribution in [-0.2, 0) is 9.53 Å². The van der Waals surface area contributed by atoms with Gasteiger partial charge in [-0.05, 0) is 25.0 Å². The van der Waals surface area contributed by atoms with Gasteiger partial charge in [0, 0.05) is 50.9 Å². The molecule has 0 bridgehead atoms. The van der Waals surface area contributed by atoms with Crippen LogP contribution in [0.15, 0.2) is 30.5 Å². The second-order valence-corrected chi connectivity index (χ2v) is 7.88. The van der Waals surface area contributed by atoms with Crippen molar-refractivity contribution < 1.29 is 19.4 Å². The number of ether oxygens (including phenoxy) is 1. The van der Waals surface area contributed by atoms with Crippen LogP contribution in [0.2, 0.25) is 0 Å². The molecule has 9 heteroatoms. The maximum Gasteiger partial charge on any atom is 0.269 e. The molecule has 2 aromatic rings. The lowest BCUT2D eigenvalue weighted by Gasteiger charge is -2.13. The molecule has 1 saturated heterocycles. The van der Waals surface area contributed by atoms with Crippen molar-refractivity contribution in [2.24, 2.45) is 5.73 Å². The average molecular weight is 452 g/mol. The summed E-state index contributed by atoms with van der Waals surface area (Å²) in [5.41, 5.74) is 5.64. The summed E-state index contributed by atoms with van der Waals surface area (Å²) < 4.78 is 5.45. The number of aromatic nitrogens is 2. The maximum atomic E-state index is 12.1. The van der Waals surface area contributed by atoms with E-state index in [1.54, 1.807) is 31.3 Å². The number of likely N-dealkylation sites (N-methyl/N-ethyl adjacent to an activating group) is 1. The van der Waals surface area contributed by atoms with Gasteiger partial charge in [-0.1, -0.05) is 30.9 Å². The minimum Gasteiger partial charge on any atom is -0.382 e. The highest BCUT2D eigenvalue weighted by molar-refractivity contribution is 5.96. The summed E-state index contributed by atoms with van der Waals surface area (Å²) >= 11 is 0. The molecule has 2 heterocycles. The molecule has 3 rings (SSSR count). The Morgan fingerprint density at radius 3 is 2.91 bits per heavy atom. The fourth-order valence-electron chi connectivity index (χ4n) is 3.36. The zero-order valence-corrected chi connectivity index (χ0v) is 18.9. The molecule has 33 heavy (non-hydrogen) atoms. The summed E-state index contributed by atoms with van der Waals surface area (Å²) in [5, 5.41) is 13.6. The maximum absolute atomic E-state index is 12.1. The second kappa shape index (κ2) is 10.9. The molecule has 0 radical (unpaired) electrons. The first-order chi connectivity index (χ1) is 15.8. The predicted octanol–water partition coefficient (Wildman–Crippen LogP) is 1.42. The minimum absolute atomic E-state index is 0.0971. The van der Waals surface area contributed by atoms with E-state index in [2.05, 4.69) is 34.0 Å². The molecule has 1 aromatic heterocycles. The van der Waals surface area contributed by atoms with E-state index in [9.17, 15) is 14.7 Å². The van der Waals surface area contributed by atoms with Crippen molar-refractivity contribution in [2.45, 2.75) is 31.8 Å². The predicted molar refractivity (Wildman–Crippen MR) is 124 cm³/mol. The SMILES string of the molecule is CCCOCCCNc1cnc(-c2cccc(C#C[C@]3(O)CCN(C)C3=O)c2)nc1C(N)=O. The van der Waals surface area contributed by atoms with Crippen LogP contribution in [0.4, 0.5) is 5.69 Å². The number of aliphatic hydroxyl groups is 1. The Hall–Kier alpha value is -3.48. The van der Waals surface area contributed by atoms with Crippen LogP contribution in [0, 0.1) is 11.8 Å². The molecule has 0 aliphatic carbocycles. The van der Waals surface area contributed by atoms with Crippen LogP contribution in [0.5, 0.6) is 0 Å². The number of nitrogens with two attached hydrogens (primary N) is 1. The van der Waals surface area contributed by atoms with Crippen molar-refractivity contribution in [3.63, 3.8) is 0 Å². The zero-order valence-electron chi connectivity index (χ0n) is 18.9. The van der Waals surface area contributed by atoms with Crippen molar-refractivity contribution in [1.82, 2.24) is 14.9 Å². The molecule has 1 fully saturated rings. The van der Waals surface area contributed by atoms with Crippen LogP contribution in [-0.4, -0.2) is 70.7 Å². The fraction of sp³-hybridized carbons (Fsp3) is 0.417. The van der Waals surface area contributed by atoms with Gasteiger partial charge in [-0.2, -0.15) is 0 Å². The summed E-state index contributed by atoms with van der Waals surface area (Å²) in [5.74, 6) is 4.81. The third-order valence-electron chi connectivity index (χ3n) is 5.20. The number of hydrogen-bond acceptors (Lipinski definition) is 7. The summed E-state index contributed by atoms with van der Waals surface area (Å²) in [4.78, 5) is 34.2. The van der Waals surface area contributed by atoms with Gasteiger partial charge in [-0.3, -0.25) is 9.59 Å². The highest BCUT2D eigenvalue weighted by Gasteiger charge is 2.42. The Morgan fingerprint density at radius 2 is 2.21 bits per heavy atom. The van der Waals surface area contributed by atoms with E-state index in [-0.39, 0.29) is 12.1 Å². The Kier molecular flexibility index (Phi) is 7.98. The molecule has 1 aliphatic heterocycles. The van der Waals surface area contributed by atoms with Gasteiger partial charge in [0.2, 0.25) is 5.60 Å². The van der Waals surface area contributed by atoms with E-state index in [1.807, 2.05) is 0 Å². The van der Waals surface area contributed by atoms with Crippen LogP contribution in [0.3, 0.4) is 0 Å². The van der Waals surface area contributed by atoms with Crippen molar-refractivity contribution in [1.29, 1.82) is 0 Å². The first-order valence-electron chi connectivity index (χ1n) is 10.9. The van der Waals surface area contributed by atoms with Crippen molar-refractivity contribution in [3.05, 3.63) is 41.7 Å². The van der Waals surface area contributed by atoms with Gasteiger partial charge in [0.1, 0.15) is 0 Å². The number of nitrogens with zero attached hydrogens (tertiary/aromatic N) is 3. The number of carbonyl (C=O) groups is 2. The van der Waals surface area contributed by atoms with E-state index >= 15 is 0 Å². The lowest BCUT2D eigenvalue weighted by molar-refractivity contribution is -0.137. The van der Waals surface area contributed by atoms with Gasteiger partial charge in [0.25, 0.3) is 11.8 Å². The van der Waals surface area contributed by atoms with Crippen LogP contribution in [0.25, 0.3) is 11.4 Å². The van der Waals surface area contributed by atoms with Crippen LogP contribution in [0.1, 0.15) is 42.2 Å². The van der Waals surface area contributed by atoms with E-state index in [1.165, 1.54) is 11.1 Å². The normalized spacial score (nSPS) is 17.5. The summed E-state index contributed by atoms with van der Waals surface area (Å²) in [7, 11) is 1.63. The molecule has 4 N–H and O–H groups in total. The Bertz CT molecular complexity index is 1080. The summed E-state index contributed by atoms with van der Waals surface area (Å²) in [6, 6.07) is 7.04. The van der Waals surface area contributed by atoms with Gasteiger partial charge in [0.15, 0.2) is 11.5 Å². The van der Waals surface area contributed by atoms with Crippen molar-refractivity contribution in [2.75, 3.05) is 38.7 Å². The standard InChI is InChI=1S/C24H29N5O4/c1-3-13-33-14-5-11-26-19-16-27-22(28-20(19)21(25)30)18-7-4-6-17(15-18)8-9-24(32)10-12-29(2)23(24)31/h4,6-7,15-16,26,32H,3,5,10-14H2,1-2H3,(H2,25,30)/t24-/m0/s1. The van der Waals surface area contributed by atoms with Gasteiger partial charge < -0.3 is 25.8 Å². The van der Waals surface area contributed by atoms with Crippen molar-refractivity contribution in [3.8, 4) is 23.2 Å².